The summed E-state index contributed by atoms with van der Waals surface area (Å²) in [5, 5.41) is 0.765. The van der Waals surface area contributed by atoms with E-state index in [1.807, 2.05) is 24.3 Å². The van der Waals surface area contributed by atoms with Crippen molar-refractivity contribution in [2.45, 2.75) is 31.5 Å². The molecule has 0 saturated carbocycles. The molecule has 2 nitrogen and oxygen atoms in total. The van der Waals surface area contributed by atoms with Crippen LogP contribution in [0.4, 0.5) is 0 Å². The van der Waals surface area contributed by atoms with Gasteiger partial charge < -0.3 is 9.47 Å². The van der Waals surface area contributed by atoms with E-state index in [-0.39, 0.29) is 12.2 Å². The Morgan fingerprint density at radius 2 is 2.11 bits per heavy atom. The largest absolute Gasteiger partial charge is 0.376 e. The summed E-state index contributed by atoms with van der Waals surface area (Å²) in [6, 6.07) is 7.90. The van der Waals surface area contributed by atoms with Crippen molar-refractivity contribution >= 4 is 34.2 Å². The second-order valence-electron chi connectivity index (χ2n) is 4.52. The molecule has 0 radical (unpaired) electrons. The minimum Gasteiger partial charge on any atom is -0.376 e. The first kappa shape index (κ1) is 14.6. The van der Waals surface area contributed by atoms with Gasteiger partial charge in [-0.25, -0.2) is 0 Å². The van der Waals surface area contributed by atoms with E-state index in [1.165, 1.54) is 18.4 Å². The van der Waals surface area contributed by atoms with Crippen LogP contribution in [0.3, 0.4) is 0 Å². The summed E-state index contributed by atoms with van der Waals surface area (Å²) in [6.45, 7) is 1.57. The maximum atomic E-state index is 5.98. The Labute approximate surface area is 127 Å². The van der Waals surface area contributed by atoms with Crippen LogP contribution in [0.1, 0.15) is 30.9 Å². The van der Waals surface area contributed by atoms with E-state index in [1.54, 1.807) is 0 Å². The van der Waals surface area contributed by atoms with Gasteiger partial charge in [0.15, 0.2) is 0 Å². The molecule has 0 spiro atoms. The summed E-state index contributed by atoms with van der Waals surface area (Å²) in [7, 11) is 0. The van der Waals surface area contributed by atoms with Crippen LogP contribution in [0.15, 0.2) is 24.3 Å². The Morgan fingerprint density at radius 1 is 1.33 bits per heavy atom. The molecule has 0 amide bonds. The lowest BCUT2D eigenvalue weighted by atomic mass is 10.1. The first-order chi connectivity index (χ1) is 8.79. The maximum absolute atomic E-state index is 5.98. The summed E-state index contributed by atoms with van der Waals surface area (Å²) in [4.78, 5) is 0. The zero-order valence-electron chi connectivity index (χ0n) is 10.3. The Morgan fingerprint density at radius 3 is 2.72 bits per heavy atom. The lowest BCUT2D eigenvalue weighted by Gasteiger charge is -2.25. The molecule has 0 bridgehead atoms. The molecule has 2 rings (SSSR count). The van der Waals surface area contributed by atoms with Crippen LogP contribution in [-0.2, 0) is 9.47 Å². The molecule has 1 saturated heterocycles. The summed E-state index contributed by atoms with van der Waals surface area (Å²) >= 11 is 8.25. The molecule has 0 aromatic heterocycles. The van der Waals surface area contributed by atoms with Gasteiger partial charge in [0.25, 0.3) is 0 Å². The first-order valence-corrected chi connectivity index (χ1v) is 8.24. The van der Waals surface area contributed by atoms with Crippen LogP contribution in [0.5, 0.6) is 0 Å². The fourth-order valence-corrected chi connectivity index (χ4v) is 2.96. The highest BCUT2D eigenvalue weighted by atomic mass is 127. The predicted molar refractivity (Wildman–Crippen MR) is 82.6 cm³/mol. The fourth-order valence-electron chi connectivity index (χ4n) is 2.07. The Balaban J connectivity index is 1.86. The van der Waals surface area contributed by atoms with Crippen LogP contribution in [-0.4, -0.2) is 23.7 Å². The quantitative estimate of drug-likeness (QED) is 0.557. The van der Waals surface area contributed by atoms with E-state index in [0.29, 0.717) is 6.61 Å². The lowest BCUT2D eigenvalue weighted by Crippen LogP contribution is -2.25. The molecule has 1 aliphatic heterocycles. The molecule has 1 aromatic rings. The first-order valence-electron chi connectivity index (χ1n) is 6.34. The Bertz CT molecular complexity index is 349. The predicted octanol–water partition coefficient (Wildman–Crippen LogP) is 4.40. The average Bonchev–Trinajstić information content (AvgIpc) is 2.42. The summed E-state index contributed by atoms with van der Waals surface area (Å²) in [5.41, 5.74) is 1.18. The van der Waals surface area contributed by atoms with Gasteiger partial charge in [-0.2, -0.15) is 0 Å². The van der Waals surface area contributed by atoms with Crippen molar-refractivity contribution in [1.29, 1.82) is 0 Å². The van der Waals surface area contributed by atoms with Crippen molar-refractivity contribution in [3.8, 4) is 0 Å². The van der Waals surface area contributed by atoms with Crippen LogP contribution >= 0.6 is 34.2 Å². The van der Waals surface area contributed by atoms with Crippen molar-refractivity contribution in [3.63, 3.8) is 0 Å². The highest BCUT2D eigenvalue weighted by Crippen LogP contribution is 2.23. The van der Waals surface area contributed by atoms with Gasteiger partial charge in [0.2, 0.25) is 0 Å². The molecule has 1 aliphatic rings. The molecule has 100 valence electrons. The molecule has 0 N–H and O–H groups in total. The molecular weight excluding hydrogens is 363 g/mol. The van der Waals surface area contributed by atoms with Crippen LogP contribution in [0, 0.1) is 0 Å². The standard InChI is InChI=1S/C14H18ClIO2/c15-12-6-4-11(5-7-12)14(9-16)18-10-13-3-1-2-8-17-13/h4-7,13-14H,1-3,8-10H2. The topological polar surface area (TPSA) is 18.5 Å². The smallest absolute Gasteiger partial charge is 0.0915 e. The SMILES string of the molecule is Clc1ccc(C(CI)OCC2CCCCO2)cc1. The van der Waals surface area contributed by atoms with E-state index in [4.69, 9.17) is 21.1 Å². The van der Waals surface area contributed by atoms with Gasteiger partial charge in [0, 0.05) is 16.1 Å². The van der Waals surface area contributed by atoms with Crippen LogP contribution in [0.2, 0.25) is 5.02 Å². The molecule has 0 aliphatic carbocycles. The van der Waals surface area contributed by atoms with Crippen LogP contribution in [0.25, 0.3) is 0 Å². The summed E-state index contributed by atoms with van der Waals surface area (Å²) in [5.74, 6) is 0. The molecule has 1 heterocycles. The lowest BCUT2D eigenvalue weighted by molar-refractivity contribution is -0.0582. The minimum absolute atomic E-state index is 0.133. The Kier molecular flexibility index (Phi) is 6.21. The van der Waals surface area contributed by atoms with E-state index in [2.05, 4.69) is 22.6 Å². The molecule has 2 unspecified atom stereocenters. The van der Waals surface area contributed by atoms with Gasteiger partial charge in [-0.1, -0.05) is 46.3 Å². The van der Waals surface area contributed by atoms with Crippen LogP contribution < -0.4 is 0 Å². The maximum Gasteiger partial charge on any atom is 0.0915 e. The number of hydrogen-bond donors (Lipinski definition) is 0. The van der Waals surface area contributed by atoms with Gasteiger partial charge in [-0.3, -0.25) is 0 Å². The third kappa shape index (κ3) is 4.37. The molecular formula is C14H18ClIO2. The monoisotopic (exact) mass is 380 g/mol. The van der Waals surface area contributed by atoms with Crippen molar-refractivity contribution in [2.24, 2.45) is 0 Å². The number of benzene rings is 1. The molecule has 18 heavy (non-hydrogen) atoms. The third-order valence-corrected chi connectivity index (χ3v) is 4.19. The Hall–Kier alpha value is 0.160. The minimum atomic E-state index is 0.133. The normalized spacial score (nSPS) is 21.8. The van der Waals surface area contributed by atoms with E-state index in [9.17, 15) is 0 Å². The van der Waals surface area contributed by atoms with Gasteiger partial charge >= 0.3 is 0 Å². The van der Waals surface area contributed by atoms with E-state index < -0.39 is 0 Å². The molecule has 2 atom stereocenters. The van der Waals surface area contributed by atoms with Crippen molar-refractivity contribution in [1.82, 2.24) is 0 Å². The zero-order chi connectivity index (χ0) is 12.8. The second-order valence-corrected chi connectivity index (χ2v) is 5.83. The number of alkyl halides is 1. The molecule has 4 heteroatoms. The van der Waals surface area contributed by atoms with Crippen molar-refractivity contribution in [3.05, 3.63) is 34.9 Å². The number of ether oxygens (including phenoxy) is 2. The summed E-state index contributed by atoms with van der Waals surface area (Å²) in [6.07, 6.45) is 3.96. The highest BCUT2D eigenvalue weighted by Gasteiger charge is 2.17. The number of hydrogen-bond acceptors (Lipinski definition) is 2. The van der Waals surface area contributed by atoms with Gasteiger partial charge in [0.05, 0.1) is 18.8 Å². The highest BCUT2D eigenvalue weighted by molar-refractivity contribution is 14.1. The third-order valence-electron chi connectivity index (χ3n) is 3.14. The number of halogens is 2. The number of rotatable bonds is 5. The zero-order valence-corrected chi connectivity index (χ0v) is 13.2. The van der Waals surface area contributed by atoms with Gasteiger partial charge in [0.1, 0.15) is 0 Å². The molecule has 1 fully saturated rings. The second kappa shape index (κ2) is 7.68. The average molecular weight is 381 g/mol. The fraction of sp³-hybridized carbons (Fsp3) is 0.571. The van der Waals surface area contributed by atoms with Gasteiger partial charge in [-0.15, -0.1) is 0 Å². The van der Waals surface area contributed by atoms with E-state index >= 15 is 0 Å². The van der Waals surface area contributed by atoms with Crippen molar-refractivity contribution < 1.29 is 9.47 Å². The molecule has 1 aromatic carbocycles. The van der Waals surface area contributed by atoms with Crippen molar-refractivity contribution in [2.75, 3.05) is 17.6 Å². The van der Waals surface area contributed by atoms with E-state index in [0.717, 1.165) is 22.5 Å². The van der Waals surface area contributed by atoms with Gasteiger partial charge in [-0.05, 0) is 37.0 Å². The summed E-state index contributed by atoms with van der Waals surface area (Å²) < 4.78 is 12.6.